The van der Waals surface area contributed by atoms with Gasteiger partial charge in [-0.3, -0.25) is 4.79 Å². The minimum atomic E-state index is -3.76. The number of carbonyl (C=O) groups is 1. The third-order valence-corrected chi connectivity index (χ3v) is 3.71. The van der Waals surface area contributed by atoms with Crippen molar-refractivity contribution < 1.29 is 17.9 Å². The Bertz CT molecular complexity index is 646. The summed E-state index contributed by atoms with van der Waals surface area (Å²) in [4.78, 5) is 11.8. The van der Waals surface area contributed by atoms with Crippen molar-refractivity contribution in [2.45, 2.75) is 45.1 Å². The number of hydrogen-bond acceptors (Lipinski definition) is 4. The summed E-state index contributed by atoms with van der Waals surface area (Å²) in [5.74, 6) is 0.221. The molecule has 0 aliphatic rings. The number of aryl methyl sites for hydroxylation is 2. The molecule has 0 radical (unpaired) electrons. The van der Waals surface area contributed by atoms with Crippen LogP contribution in [0.25, 0.3) is 0 Å². The first-order valence-corrected chi connectivity index (χ1v) is 8.02. The molecule has 0 spiro atoms. The molecule has 0 atom stereocenters. The van der Waals surface area contributed by atoms with E-state index in [2.05, 4.69) is 5.32 Å². The van der Waals surface area contributed by atoms with Gasteiger partial charge in [-0.05, 0) is 57.9 Å². The van der Waals surface area contributed by atoms with Crippen LogP contribution in [-0.4, -0.2) is 26.5 Å². The molecule has 0 fully saturated rings. The van der Waals surface area contributed by atoms with E-state index >= 15 is 0 Å². The Hall–Kier alpha value is -1.60. The maximum atomic E-state index is 11.7. The molecule has 3 N–H and O–H groups in total. The molecule has 0 aliphatic carbocycles. The number of sulfonamides is 1. The van der Waals surface area contributed by atoms with Crippen molar-refractivity contribution in [3.05, 3.63) is 23.3 Å². The molecule has 1 rings (SSSR count). The van der Waals surface area contributed by atoms with Crippen LogP contribution in [0.2, 0.25) is 0 Å². The van der Waals surface area contributed by atoms with E-state index in [0.717, 1.165) is 0 Å². The number of amides is 1. The topological polar surface area (TPSA) is 98.5 Å². The van der Waals surface area contributed by atoms with Gasteiger partial charge in [-0.1, -0.05) is 0 Å². The van der Waals surface area contributed by atoms with Crippen molar-refractivity contribution in [1.82, 2.24) is 5.32 Å². The van der Waals surface area contributed by atoms with Crippen LogP contribution in [0.5, 0.6) is 5.75 Å². The van der Waals surface area contributed by atoms with Crippen LogP contribution in [-0.2, 0) is 14.8 Å². The van der Waals surface area contributed by atoms with E-state index < -0.39 is 10.0 Å². The highest BCUT2D eigenvalue weighted by atomic mass is 32.2. The monoisotopic (exact) mass is 314 g/mol. The predicted molar refractivity (Wildman–Crippen MR) is 80.7 cm³/mol. The van der Waals surface area contributed by atoms with E-state index in [0.29, 0.717) is 16.9 Å². The summed E-state index contributed by atoms with van der Waals surface area (Å²) < 4.78 is 28.3. The quantitative estimate of drug-likeness (QED) is 0.873. The van der Waals surface area contributed by atoms with E-state index in [9.17, 15) is 13.2 Å². The molecule has 0 saturated carbocycles. The SMILES string of the molecule is Cc1cc(S(N)(=O)=O)c(C)cc1OCC(=O)NC(C)(C)C. The zero-order valence-electron chi connectivity index (χ0n) is 13.0. The van der Waals surface area contributed by atoms with Crippen LogP contribution in [0.3, 0.4) is 0 Å². The maximum Gasteiger partial charge on any atom is 0.258 e. The molecule has 0 aliphatic heterocycles. The molecular weight excluding hydrogens is 292 g/mol. The lowest BCUT2D eigenvalue weighted by atomic mass is 10.1. The third-order valence-electron chi connectivity index (χ3n) is 2.65. The molecule has 21 heavy (non-hydrogen) atoms. The Labute approximate surface area is 125 Å². The Kier molecular flexibility index (Phi) is 5.01. The molecule has 6 nitrogen and oxygen atoms in total. The Morgan fingerprint density at radius 1 is 1.24 bits per heavy atom. The van der Waals surface area contributed by atoms with Gasteiger partial charge in [0, 0.05) is 5.54 Å². The van der Waals surface area contributed by atoms with E-state index in [-0.39, 0.29) is 22.9 Å². The maximum absolute atomic E-state index is 11.7. The number of carbonyl (C=O) groups excluding carboxylic acids is 1. The first kappa shape index (κ1) is 17.5. The van der Waals surface area contributed by atoms with Crippen molar-refractivity contribution in [2.24, 2.45) is 5.14 Å². The van der Waals surface area contributed by atoms with Gasteiger partial charge in [0.2, 0.25) is 10.0 Å². The molecule has 0 aromatic heterocycles. The average molecular weight is 314 g/mol. The van der Waals surface area contributed by atoms with Gasteiger partial charge in [0.05, 0.1) is 4.90 Å². The molecule has 118 valence electrons. The smallest absolute Gasteiger partial charge is 0.258 e. The fourth-order valence-corrected chi connectivity index (χ4v) is 2.67. The number of hydrogen-bond donors (Lipinski definition) is 2. The zero-order chi connectivity index (χ0) is 16.4. The molecule has 1 amide bonds. The first-order chi connectivity index (χ1) is 9.40. The number of nitrogens with two attached hydrogens (primary N) is 1. The van der Waals surface area contributed by atoms with Gasteiger partial charge in [-0.15, -0.1) is 0 Å². The normalized spacial score (nSPS) is 12.1. The standard InChI is InChI=1S/C14H22N2O4S/c1-9-7-12(21(15,18)19)10(2)6-11(9)20-8-13(17)16-14(3,4)5/h6-7H,8H2,1-5H3,(H,16,17)(H2,15,18,19). The predicted octanol–water partition coefficient (Wildman–Crippen LogP) is 1.24. The minimum Gasteiger partial charge on any atom is -0.483 e. The summed E-state index contributed by atoms with van der Waals surface area (Å²) in [6, 6.07) is 3.01. The van der Waals surface area contributed by atoms with Crippen LogP contribution in [0, 0.1) is 13.8 Å². The van der Waals surface area contributed by atoms with Gasteiger partial charge < -0.3 is 10.1 Å². The summed E-state index contributed by atoms with van der Waals surface area (Å²) in [7, 11) is -3.76. The van der Waals surface area contributed by atoms with Gasteiger partial charge in [0.25, 0.3) is 5.91 Å². The van der Waals surface area contributed by atoms with E-state index in [1.54, 1.807) is 19.9 Å². The Morgan fingerprint density at radius 3 is 2.29 bits per heavy atom. The van der Waals surface area contributed by atoms with Crippen molar-refractivity contribution in [1.29, 1.82) is 0 Å². The zero-order valence-corrected chi connectivity index (χ0v) is 13.8. The lowest BCUT2D eigenvalue weighted by molar-refractivity contribution is -0.124. The van der Waals surface area contributed by atoms with Crippen LogP contribution in [0.1, 0.15) is 31.9 Å². The number of rotatable bonds is 4. The van der Waals surface area contributed by atoms with Crippen molar-refractivity contribution in [3.8, 4) is 5.75 Å². The second kappa shape index (κ2) is 6.03. The summed E-state index contributed by atoms with van der Waals surface area (Å²) in [6.07, 6.45) is 0. The molecule has 0 saturated heterocycles. The summed E-state index contributed by atoms with van der Waals surface area (Å²) in [5, 5.41) is 7.91. The molecule has 7 heteroatoms. The van der Waals surface area contributed by atoms with Crippen molar-refractivity contribution >= 4 is 15.9 Å². The van der Waals surface area contributed by atoms with Crippen LogP contribution in [0.4, 0.5) is 0 Å². The summed E-state index contributed by atoms with van der Waals surface area (Å²) in [5.41, 5.74) is 0.755. The highest BCUT2D eigenvalue weighted by Gasteiger charge is 2.17. The second-order valence-corrected chi connectivity index (χ2v) is 7.54. The van der Waals surface area contributed by atoms with E-state index in [1.165, 1.54) is 6.07 Å². The largest absolute Gasteiger partial charge is 0.483 e. The van der Waals surface area contributed by atoms with Gasteiger partial charge >= 0.3 is 0 Å². The van der Waals surface area contributed by atoms with Gasteiger partial charge in [-0.2, -0.15) is 0 Å². The van der Waals surface area contributed by atoms with Crippen LogP contribution < -0.4 is 15.2 Å². The molecule has 1 aromatic carbocycles. The lowest BCUT2D eigenvalue weighted by Crippen LogP contribution is -2.43. The Morgan fingerprint density at radius 2 is 1.81 bits per heavy atom. The fraction of sp³-hybridized carbons (Fsp3) is 0.500. The van der Waals surface area contributed by atoms with Crippen molar-refractivity contribution in [3.63, 3.8) is 0 Å². The number of benzene rings is 1. The fourth-order valence-electron chi connectivity index (χ4n) is 1.82. The van der Waals surface area contributed by atoms with E-state index in [1.807, 2.05) is 20.8 Å². The number of ether oxygens (including phenoxy) is 1. The van der Waals surface area contributed by atoms with Crippen molar-refractivity contribution in [2.75, 3.05) is 6.61 Å². The Balaban J connectivity index is 2.87. The molecule has 0 unspecified atom stereocenters. The van der Waals surface area contributed by atoms with Crippen LogP contribution in [0.15, 0.2) is 17.0 Å². The van der Waals surface area contributed by atoms with Gasteiger partial charge in [0.15, 0.2) is 6.61 Å². The minimum absolute atomic E-state index is 0.0616. The number of primary sulfonamides is 1. The first-order valence-electron chi connectivity index (χ1n) is 6.48. The third kappa shape index (κ3) is 5.35. The van der Waals surface area contributed by atoms with Gasteiger partial charge in [0.1, 0.15) is 5.75 Å². The molecule has 0 heterocycles. The number of nitrogens with one attached hydrogen (secondary N) is 1. The second-order valence-electron chi connectivity index (χ2n) is 6.02. The van der Waals surface area contributed by atoms with Crippen LogP contribution >= 0.6 is 0 Å². The van der Waals surface area contributed by atoms with E-state index in [4.69, 9.17) is 9.88 Å². The highest BCUT2D eigenvalue weighted by molar-refractivity contribution is 7.89. The molecule has 1 aromatic rings. The average Bonchev–Trinajstić information content (AvgIpc) is 2.26. The van der Waals surface area contributed by atoms with Gasteiger partial charge in [-0.25, -0.2) is 13.6 Å². The summed E-state index contributed by atoms with van der Waals surface area (Å²) >= 11 is 0. The lowest BCUT2D eigenvalue weighted by Gasteiger charge is -2.21. The molecule has 0 bridgehead atoms. The molecular formula is C14H22N2O4S. The highest BCUT2D eigenvalue weighted by Crippen LogP contribution is 2.25. The summed E-state index contributed by atoms with van der Waals surface area (Å²) in [6.45, 7) is 8.82.